The number of nitrogens with zero attached hydrogens (tertiary/aromatic N) is 1. The number of hydrogen-bond acceptors (Lipinski definition) is 2. The Balaban J connectivity index is 2.02. The normalized spacial score (nSPS) is 26.2. The highest BCUT2D eigenvalue weighted by Gasteiger charge is 2.32. The van der Waals surface area contributed by atoms with Gasteiger partial charge < -0.3 is 5.32 Å². The Morgan fingerprint density at radius 3 is 2.85 bits per heavy atom. The summed E-state index contributed by atoms with van der Waals surface area (Å²) < 4.78 is 13.9. The molecule has 2 rings (SSSR count). The molecule has 2 aliphatic rings. The van der Waals surface area contributed by atoms with Crippen LogP contribution in [-0.2, 0) is 0 Å². The first-order valence-electron chi connectivity index (χ1n) is 7.28. The first-order chi connectivity index (χ1) is 9.39. The topological polar surface area (TPSA) is 15.3 Å². The van der Waals surface area contributed by atoms with Crippen molar-refractivity contribution in [2.45, 2.75) is 45.3 Å². The molecule has 2 heterocycles. The van der Waals surface area contributed by atoms with Crippen LogP contribution in [0.15, 0.2) is 47.9 Å². The van der Waals surface area contributed by atoms with E-state index in [0.717, 1.165) is 19.4 Å². The second-order valence-corrected chi connectivity index (χ2v) is 6.37. The maximum atomic E-state index is 13.9. The Hall–Kier alpha value is -1.35. The fraction of sp³-hybridized carbons (Fsp3) is 0.529. The summed E-state index contributed by atoms with van der Waals surface area (Å²) in [5.74, 6) is 0. The van der Waals surface area contributed by atoms with Gasteiger partial charge in [0.1, 0.15) is 5.67 Å². The van der Waals surface area contributed by atoms with Gasteiger partial charge in [-0.3, -0.25) is 4.90 Å². The van der Waals surface area contributed by atoms with Crippen molar-refractivity contribution in [3.05, 3.63) is 47.9 Å². The van der Waals surface area contributed by atoms with Gasteiger partial charge in [-0.2, -0.15) is 0 Å². The van der Waals surface area contributed by atoms with Crippen molar-refractivity contribution in [2.75, 3.05) is 13.1 Å². The van der Waals surface area contributed by atoms with Gasteiger partial charge in [-0.15, -0.1) is 0 Å². The third-order valence-electron chi connectivity index (χ3n) is 3.79. The molecule has 0 aromatic rings. The molecule has 110 valence electrons. The SMILES string of the molecule is C=C/C=C\C=C1/CC2=C(CN(CC(C)(C)F)[C@H](C)C2)N1. The van der Waals surface area contributed by atoms with Crippen molar-refractivity contribution in [1.82, 2.24) is 10.2 Å². The number of halogens is 1. The fourth-order valence-corrected chi connectivity index (χ4v) is 2.90. The van der Waals surface area contributed by atoms with Crippen LogP contribution in [0.25, 0.3) is 0 Å². The van der Waals surface area contributed by atoms with E-state index in [2.05, 4.69) is 29.8 Å². The molecule has 3 heteroatoms. The predicted octanol–water partition coefficient (Wildman–Crippen LogP) is 3.70. The van der Waals surface area contributed by atoms with Crippen LogP contribution in [0.3, 0.4) is 0 Å². The second kappa shape index (κ2) is 5.96. The van der Waals surface area contributed by atoms with Crippen LogP contribution in [0.2, 0.25) is 0 Å². The number of hydrogen-bond donors (Lipinski definition) is 1. The molecule has 1 atom stereocenters. The highest BCUT2D eigenvalue weighted by atomic mass is 19.1. The molecule has 2 nitrogen and oxygen atoms in total. The molecule has 0 saturated heterocycles. The summed E-state index contributed by atoms with van der Waals surface area (Å²) in [6.07, 6.45) is 9.81. The van der Waals surface area contributed by atoms with Gasteiger partial charge in [0.15, 0.2) is 0 Å². The van der Waals surface area contributed by atoms with Crippen LogP contribution < -0.4 is 5.32 Å². The summed E-state index contributed by atoms with van der Waals surface area (Å²) in [6, 6.07) is 0.411. The number of rotatable bonds is 4. The smallest absolute Gasteiger partial charge is 0.118 e. The van der Waals surface area contributed by atoms with Gasteiger partial charge in [0.05, 0.1) is 0 Å². The van der Waals surface area contributed by atoms with Crippen molar-refractivity contribution in [1.29, 1.82) is 0 Å². The molecule has 0 amide bonds. The van der Waals surface area contributed by atoms with E-state index in [4.69, 9.17) is 0 Å². The van der Waals surface area contributed by atoms with Crippen molar-refractivity contribution < 1.29 is 4.39 Å². The van der Waals surface area contributed by atoms with Crippen molar-refractivity contribution >= 4 is 0 Å². The highest BCUT2D eigenvalue weighted by Crippen LogP contribution is 2.32. The second-order valence-electron chi connectivity index (χ2n) is 6.37. The molecule has 0 aromatic carbocycles. The molecule has 0 spiro atoms. The van der Waals surface area contributed by atoms with Gasteiger partial charge >= 0.3 is 0 Å². The zero-order valence-corrected chi connectivity index (χ0v) is 12.7. The summed E-state index contributed by atoms with van der Waals surface area (Å²) in [7, 11) is 0. The van der Waals surface area contributed by atoms with Gasteiger partial charge in [0, 0.05) is 36.9 Å². The van der Waals surface area contributed by atoms with E-state index in [1.54, 1.807) is 19.9 Å². The lowest BCUT2D eigenvalue weighted by molar-refractivity contribution is 0.0996. The molecule has 20 heavy (non-hydrogen) atoms. The lowest BCUT2D eigenvalue weighted by Crippen LogP contribution is -2.45. The predicted molar refractivity (Wildman–Crippen MR) is 83.0 cm³/mol. The molecule has 0 saturated carbocycles. The van der Waals surface area contributed by atoms with E-state index in [0.29, 0.717) is 12.6 Å². The zero-order valence-electron chi connectivity index (χ0n) is 12.7. The Morgan fingerprint density at radius 1 is 1.45 bits per heavy atom. The Labute approximate surface area is 121 Å². The Bertz CT molecular complexity index is 466. The van der Waals surface area contributed by atoms with Crippen LogP contribution in [0.5, 0.6) is 0 Å². The summed E-state index contributed by atoms with van der Waals surface area (Å²) in [6.45, 7) is 10.5. The molecular weight excluding hydrogens is 251 g/mol. The van der Waals surface area contributed by atoms with Gasteiger partial charge in [0.25, 0.3) is 0 Å². The Kier molecular flexibility index (Phi) is 4.48. The van der Waals surface area contributed by atoms with Crippen LogP contribution >= 0.6 is 0 Å². The molecule has 0 unspecified atom stereocenters. The molecule has 0 radical (unpaired) electrons. The summed E-state index contributed by atoms with van der Waals surface area (Å²) in [5.41, 5.74) is 2.83. The minimum atomic E-state index is -1.14. The van der Waals surface area contributed by atoms with E-state index in [9.17, 15) is 4.39 Å². The lowest BCUT2D eigenvalue weighted by Gasteiger charge is -2.36. The maximum Gasteiger partial charge on any atom is 0.118 e. The average molecular weight is 276 g/mol. The van der Waals surface area contributed by atoms with Gasteiger partial charge in [-0.1, -0.05) is 24.8 Å². The number of alkyl halides is 1. The van der Waals surface area contributed by atoms with E-state index < -0.39 is 5.67 Å². The summed E-state index contributed by atoms with van der Waals surface area (Å²) in [5, 5.41) is 3.48. The monoisotopic (exact) mass is 276 g/mol. The van der Waals surface area contributed by atoms with E-state index in [1.165, 1.54) is 17.0 Å². The number of nitrogens with one attached hydrogen (secondary N) is 1. The summed E-state index contributed by atoms with van der Waals surface area (Å²) >= 11 is 0. The standard InChI is InChI=1S/C17H25FN2/c1-5-6-7-8-15-10-14-9-13(2)20(11-16(14)19-15)12-17(3,4)18/h5-8,13,19H,1,9-12H2,2-4H3/b7-6-,15-8+/t13-/m1/s1. The van der Waals surface area contributed by atoms with Crippen molar-refractivity contribution in [3.8, 4) is 0 Å². The highest BCUT2D eigenvalue weighted by molar-refractivity contribution is 5.35. The van der Waals surface area contributed by atoms with Crippen LogP contribution in [-0.4, -0.2) is 29.7 Å². The quantitative estimate of drug-likeness (QED) is 0.788. The molecular formula is C17H25FN2. The van der Waals surface area contributed by atoms with E-state index in [1.807, 2.05) is 12.2 Å². The third-order valence-corrected chi connectivity index (χ3v) is 3.79. The lowest BCUT2D eigenvalue weighted by atomic mass is 9.97. The maximum absolute atomic E-state index is 13.9. The first kappa shape index (κ1) is 15.0. The van der Waals surface area contributed by atoms with Gasteiger partial charge in [0.2, 0.25) is 0 Å². The van der Waals surface area contributed by atoms with Crippen molar-refractivity contribution in [2.24, 2.45) is 0 Å². The molecule has 1 N–H and O–H groups in total. The Morgan fingerprint density at radius 2 is 2.20 bits per heavy atom. The van der Waals surface area contributed by atoms with Crippen LogP contribution in [0.1, 0.15) is 33.6 Å². The van der Waals surface area contributed by atoms with Crippen molar-refractivity contribution in [3.63, 3.8) is 0 Å². The number of allylic oxidation sites excluding steroid dienone is 5. The average Bonchev–Trinajstić information content (AvgIpc) is 2.70. The van der Waals surface area contributed by atoms with E-state index >= 15 is 0 Å². The van der Waals surface area contributed by atoms with Crippen LogP contribution in [0.4, 0.5) is 4.39 Å². The molecule has 0 aromatic heterocycles. The minimum absolute atomic E-state index is 0.411. The third kappa shape index (κ3) is 3.83. The molecule has 0 fully saturated rings. The molecule has 0 bridgehead atoms. The molecule has 2 aliphatic heterocycles. The van der Waals surface area contributed by atoms with Crippen LogP contribution in [0, 0.1) is 0 Å². The largest absolute Gasteiger partial charge is 0.361 e. The molecule has 0 aliphatic carbocycles. The minimum Gasteiger partial charge on any atom is -0.361 e. The van der Waals surface area contributed by atoms with E-state index in [-0.39, 0.29) is 0 Å². The first-order valence-corrected chi connectivity index (χ1v) is 7.28. The van der Waals surface area contributed by atoms with Gasteiger partial charge in [-0.05, 0) is 38.8 Å². The summed E-state index contributed by atoms with van der Waals surface area (Å²) in [4.78, 5) is 2.23. The fourth-order valence-electron chi connectivity index (χ4n) is 2.90. The van der Waals surface area contributed by atoms with Gasteiger partial charge in [-0.25, -0.2) is 4.39 Å². The zero-order chi connectivity index (χ0) is 14.8.